The zero-order chi connectivity index (χ0) is 24.8. The molecule has 0 aromatic heterocycles. The molecule has 0 saturated carbocycles. The maximum Gasteiger partial charge on any atom is 0.246 e. The van der Waals surface area contributed by atoms with Crippen LogP contribution < -0.4 is 10.1 Å². The lowest BCUT2D eigenvalue weighted by Crippen LogP contribution is -2.73. The van der Waals surface area contributed by atoms with Gasteiger partial charge in [0.05, 0.1) is 0 Å². The molecule has 2 aliphatic rings. The van der Waals surface area contributed by atoms with Crippen molar-refractivity contribution in [1.29, 1.82) is 0 Å². The molecule has 2 atom stereocenters. The van der Waals surface area contributed by atoms with Crippen LogP contribution in [0.1, 0.15) is 58.4 Å². The number of nitrogens with one attached hydrogen (secondary N) is 1. The Balaban J connectivity index is 1.39. The van der Waals surface area contributed by atoms with E-state index in [-0.39, 0.29) is 17.7 Å². The van der Waals surface area contributed by atoms with E-state index in [1.165, 1.54) is 5.56 Å². The van der Waals surface area contributed by atoms with Crippen LogP contribution in [0.25, 0.3) is 0 Å². The van der Waals surface area contributed by atoms with Gasteiger partial charge in [0.25, 0.3) is 0 Å². The van der Waals surface area contributed by atoms with Crippen molar-refractivity contribution in [3.63, 3.8) is 0 Å². The molecule has 35 heavy (non-hydrogen) atoms. The van der Waals surface area contributed by atoms with Crippen LogP contribution in [0.2, 0.25) is 0 Å². The Bertz CT molecular complexity index is 984. The molecule has 0 bridgehead atoms. The van der Waals surface area contributed by atoms with Gasteiger partial charge in [-0.2, -0.15) is 0 Å². The van der Waals surface area contributed by atoms with Gasteiger partial charge in [0.15, 0.2) is 0 Å². The highest BCUT2D eigenvalue weighted by Gasteiger charge is 2.53. The van der Waals surface area contributed by atoms with Crippen molar-refractivity contribution in [3.8, 4) is 11.5 Å². The van der Waals surface area contributed by atoms with Gasteiger partial charge < -0.3 is 15.0 Å². The number of para-hydroxylation sites is 1. The van der Waals surface area contributed by atoms with E-state index in [0.717, 1.165) is 50.4 Å². The summed E-state index contributed by atoms with van der Waals surface area (Å²) < 4.78 is 5.90. The first-order chi connectivity index (χ1) is 17.0. The number of hydrogen-bond donors (Lipinski definition) is 1. The number of piperidine rings is 1. The van der Waals surface area contributed by atoms with E-state index in [9.17, 15) is 9.59 Å². The average molecular weight is 478 g/mol. The lowest BCUT2D eigenvalue weighted by molar-refractivity contribution is -0.162. The normalized spacial score (nSPS) is 21.1. The van der Waals surface area contributed by atoms with E-state index in [0.29, 0.717) is 19.4 Å². The topological polar surface area (TPSA) is 61.9 Å². The van der Waals surface area contributed by atoms with Crippen molar-refractivity contribution in [3.05, 3.63) is 60.2 Å². The number of carbonyl (C=O) groups excluding carboxylic acids is 2. The minimum atomic E-state index is -0.708. The number of piperazine rings is 1. The van der Waals surface area contributed by atoms with Gasteiger partial charge in [0.1, 0.15) is 23.1 Å². The quantitative estimate of drug-likeness (QED) is 0.553. The second-order valence-corrected chi connectivity index (χ2v) is 10.0. The number of benzene rings is 2. The third-order valence-corrected chi connectivity index (χ3v) is 7.70. The van der Waals surface area contributed by atoms with E-state index in [1.54, 1.807) is 0 Å². The van der Waals surface area contributed by atoms with Crippen LogP contribution >= 0.6 is 0 Å². The maximum absolute atomic E-state index is 13.5. The van der Waals surface area contributed by atoms with Gasteiger partial charge in [0, 0.05) is 26.2 Å². The lowest BCUT2D eigenvalue weighted by atomic mass is 9.80. The first kappa shape index (κ1) is 25.2. The number of hydrogen-bond acceptors (Lipinski definition) is 4. The maximum atomic E-state index is 13.5. The summed E-state index contributed by atoms with van der Waals surface area (Å²) in [4.78, 5) is 31.2. The van der Waals surface area contributed by atoms with Gasteiger partial charge in [-0.1, -0.05) is 63.9 Å². The third kappa shape index (κ3) is 5.53. The van der Waals surface area contributed by atoms with Crippen molar-refractivity contribution in [2.45, 2.75) is 71.0 Å². The Morgan fingerprint density at radius 2 is 1.66 bits per heavy atom. The molecule has 4 rings (SSSR count). The highest BCUT2D eigenvalue weighted by Crippen LogP contribution is 2.35. The molecule has 1 spiro atoms. The number of ether oxygens (including phenoxy) is 1. The summed E-state index contributed by atoms with van der Waals surface area (Å²) in [5, 5.41) is 3.11. The summed E-state index contributed by atoms with van der Waals surface area (Å²) in [5.74, 6) is 1.93. The van der Waals surface area contributed by atoms with Crippen LogP contribution in [0.3, 0.4) is 0 Å². The van der Waals surface area contributed by atoms with Crippen molar-refractivity contribution in [1.82, 2.24) is 15.1 Å². The lowest BCUT2D eigenvalue weighted by Gasteiger charge is -2.52. The highest BCUT2D eigenvalue weighted by molar-refractivity contribution is 6.00. The number of nitrogens with zero attached hydrogens (tertiary/aromatic N) is 2. The summed E-state index contributed by atoms with van der Waals surface area (Å²) in [7, 11) is 0. The van der Waals surface area contributed by atoms with Crippen LogP contribution in [0.15, 0.2) is 54.6 Å². The molecule has 0 aliphatic carbocycles. The van der Waals surface area contributed by atoms with Gasteiger partial charge in [0.2, 0.25) is 11.8 Å². The fourth-order valence-corrected chi connectivity index (χ4v) is 5.22. The molecule has 2 fully saturated rings. The highest BCUT2D eigenvalue weighted by atomic mass is 16.5. The SMILES string of the molecule is CCCCN1C(=O)[C@@H]([C@H](C)CC)NC(=O)C12CCN(Cc1ccc(Oc3ccccc3)cc1)CC2. The molecule has 6 nitrogen and oxygen atoms in total. The Kier molecular flexibility index (Phi) is 8.11. The summed E-state index contributed by atoms with van der Waals surface area (Å²) in [6.45, 7) is 9.33. The Morgan fingerprint density at radius 3 is 2.29 bits per heavy atom. The average Bonchev–Trinajstić information content (AvgIpc) is 2.89. The Hall–Kier alpha value is -2.86. The summed E-state index contributed by atoms with van der Waals surface area (Å²) in [6, 6.07) is 17.6. The first-order valence-corrected chi connectivity index (χ1v) is 13.1. The van der Waals surface area contributed by atoms with Gasteiger partial charge in [-0.3, -0.25) is 14.5 Å². The summed E-state index contributed by atoms with van der Waals surface area (Å²) >= 11 is 0. The summed E-state index contributed by atoms with van der Waals surface area (Å²) in [5.41, 5.74) is 0.505. The predicted molar refractivity (Wildman–Crippen MR) is 138 cm³/mol. The van der Waals surface area contributed by atoms with Gasteiger partial charge in [-0.05, 0) is 55.0 Å². The van der Waals surface area contributed by atoms with E-state index in [4.69, 9.17) is 4.74 Å². The van der Waals surface area contributed by atoms with E-state index < -0.39 is 11.6 Å². The molecular formula is C29H39N3O3. The van der Waals surface area contributed by atoms with E-state index in [1.807, 2.05) is 47.4 Å². The minimum absolute atomic E-state index is 0.0422. The number of amides is 2. The zero-order valence-corrected chi connectivity index (χ0v) is 21.3. The fourth-order valence-electron chi connectivity index (χ4n) is 5.22. The van der Waals surface area contributed by atoms with Crippen LogP contribution in [-0.2, 0) is 16.1 Å². The Morgan fingerprint density at radius 1 is 1.00 bits per heavy atom. The summed E-state index contributed by atoms with van der Waals surface area (Å²) in [6.07, 6.45) is 4.16. The number of unbranched alkanes of at least 4 members (excludes halogenated alkanes) is 1. The number of carbonyl (C=O) groups is 2. The van der Waals surface area contributed by atoms with Gasteiger partial charge >= 0.3 is 0 Å². The van der Waals surface area contributed by atoms with Crippen molar-refractivity contribution in [2.24, 2.45) is 5.92 Å². The second kappa shape index (κ2) is 11.3. The smallest absolute Gasteiger partial charge is 0.246 e. The van der Waals surface area contributed by atoms with Gasteiger partial charge in [-0.25, -0.2) is 0 Å². The van der Waals surface area contributed by atoms with Crippen LogP contribution in [0.4, 0.5) is 0 Å². The van der Waals surface area contributed by atoms with Crippen molar-refractivity contribution in [2.75, 3.05) is 19.6 Å². The molecule has 2 aromatic rings. The molecular weight excluding hydrogens is 438 g/mol. The molecule has 188 valence electrons. The number of likely N-dealkylation sites (tertiary alicyclic amines) is 1. The van der Waals surface area contributed by atoms with Gasteiger partial charge in [-0.15, -0.1) is 0 Å². The molecule has 0 unspecified atom stereocenters. The standard InChI is InChI=1S/C29H39N3O3/c1-4-6-18-32-27(33)26(22(3)5-2)30-28(34)29(32)16-19-31(20-17-29)21-23-12-14-25(15-13-23)35-24-10-8-7-9-11-24/h7-15,22,26H,4-6,16-21H2,1-3H3,(H,30,34)/t22-,26-/m1/s1. The van der Waals surface area contributed by atoms with E-state index in [2.05, 4.69) is 43.1 Å². The minimum Gasteiger partial charge on any atom is -0.457 e. The Labute approximate surface area is 209 Å². The molecule has 2 amide bonds. The van der Waals surface area contributed by atoms with Crippen molar-refractivity contribution < 1.29 is 14.3 Å². The monoisotopic (exact) mass is 477 g/mol. The number of rotatable bonds is 9. The molecule has 2 heterocycles. The molecule has 1 N–H and O–H groups in total. The molecule has 0 radical (unpaired) electrons. The van der Waals surface area contributed by atoms with Crippen LogP contribution in [-0.4, -0.2) is 52.8 Å². The van der Waals surface area contributed by atoms with Crippen LogP contribution in [0.5, 0.6) is 11.5 Å². The second-order valence-electron chi connectivity index (χ2n) is 10.0. The van der Waals surface area contributed by atoms with Crippen LogP contribution in [0, 0.1) is 5.92 Å². The largest absolute Gasteiger partial charge is 0.457 e. The van der Waals surface area contributed by atoms with Crippen molar-refractivity contribution >= 4 is 11.8 Å². The predicted octanol–water partition coefficient (Wildman–Crippen LogP) is 4.99. The van der Waals surface area contributed by atoms with E-state index >= 15 is 0 Å². The fraction of sp³-hybridized carbons (Fsp3) is 0.517. The third-order valence-electron chi connectivity index (χ3n) is 7.70. The molecule has 6 heteroatoms. The molecule has 2 saturated heterocycles. The molecule has 2 aliphatic heterocycles. The zero-order valence-electron chi connectivity index (χ0n) is 21.3. The molecule has 2 aromatic carbocycles. The first-order valence-electron chi connectivity index (χ1n) is 13.1.